The van der Waals surface area contributed by atoms with Crippen LogP contribution in [0.5, 0.6) is 0 Å². The number of para-hydroxylation sites is 1. The van der Waals surface area contributed by atoms with E-state index < -0.39 is 47.2 Å². The van der Waals surface area contributed by atoms with Gasteiger partial charge in [0, 0.05) is 42.7 Å². The molecule has 16 nitrogen and oxygen atoms in total. The summed E-state index contributed by atoms with van der Waals surface area (Å²) in [6.45, 7) is 2.23. The molecule has 0 bridgehead atoms. The predicted octanol–water partition coefficient (Wildman–Crippen LogP) is 4.42. The van der Waals surface area contributed by atoms with E-state index in [1.165, 1.54) is 6.08 Å². The third kappa shape index (κ3) is 12.2. The monoisotopic (exact) mass is 794 g/mol. The maximum Gasteiger partial charge on any atom is 0.303 e. The highest BCUT2D eigenvalue weighted by Gasteiger charge is 2.41. The van der Waals surface area contributed by atoms with E-state index in [0.29, 0.717) is 56.3 Å². The van der Waals surface area contributed by atoms with Crippen LogP contribution >= 0.6 is 0 Å². The summed E-state index contributed by atoms with van der Waals surface area (Å²) in [6, 6.07) is 13.6. The highest BCUT2D eigenvalue weighted by molar-refractivity contribution is 5.99. The van der Waals surface area contributed by atoms with Crippen molar-refractivity contribution in [2.45, 2.75) is 95.2 Å². The number of nitrogens with one attached hydrogen (secondary N) is 5. The van der Waals surface area contributed by atoms with Gasteiger partial charge in [-0.1, -0.05) is 37.5 Å². The number of rotatable bonds is 20. The minimum absolute atomic E-state index is 0.0356. The molecule has 0 saturated heterocycles. The Kier molecular flexibility index (Phi) is 15.1. The van der Waals surface area contributed by atoms with Gasteiger partial charge in [0.05, 0.1) is 0 Å². The quantitative estimate of drug-likeness (QED) is 0.0488. The maximum absolute atomic E-state index is 13.9. The van der Waals surface area contributed by atoms with Gasteiger partial charge in [-0.05, 0) is 105 Å². The fraction of sp³-hybridized carbons (Fsp3) is 0.381. The minimum Gasteiger partial charge on any atom is -0.481 e. The molecule has 1 saturated carbocycles. The average molecular weight is 795 g/mol. The Morgan fingerprint density at radius 1 is 0.897 bits per heavy atom. The Balaban J connectivity index is 1.26. The van der Waals surface area contributed by atoms with E-state index in [2.05, 4.69) is 36.6 Å². The molecule has 8 N–H and O–H groups in total. The minimum atomic E-state index is -1.28. The molecule has 5 amide bonds. The number of fused-ring (bicyclic) bond motifs is 1. The number of oxazole rings is 1. The standard InChI is InChI=1S/C42H50N8O8/c1-27-10-7-14-33-36(27)49-41(58-33)46-30-19-17-29(18-20-30)37(54)47-31(12-3-6-25-45-34(51)21-16-28-11-9-24-44-26-28)38(55)48-32(13-8-15-35(52)53)39(56)50-42(40(43)57)22-4-2-5-23-42/h7,9-11,14,16-21,24,26,31-32H,2-6,8,12-13,15,22-23,25H2,1H3,(H2,43,57)(H,45,51)(H,46,49)(H,47,54)(H,48,55)(H,50,56)(H,52,53)/b21-16+/t31-,32-/m1/s1. The highest BCUT2D eigenvalue weighted by Crippen LogP contribution is 2.28. The van der Waals surface area contributed by atoms with Crippen LogP contribution in [-0.4, -0.2) is 74.7 Å². The molecule has 0 aliphatic heterocycles. The second-order valence-corrected chi connectivity index (χ2v) is 14.4. The summed E-state index contributed by atoms with van der Waals surface area (Å²) < 4.78 is 5.80. The first-order chi connectivity index (χ1) is 27.9. The summed E-state index contributed by atoms with van der Waals surface area (Å²) in [5.41, 5.74) is 8.42. The van der Waals surface area contributed by atoms with E-state index in [1.54, 1.807) is 48.8 Å². The van der Waals surface area contributed by atoms with Gasteiger partial charge in [0.15, 0.2) is 5.58 Å². The van der Waals surface area contributed by atoms with Crippen LogP contribution in [0.25, 0.3) is 17.2 Å². The topological polar surface area (TPSA) is 248 Å². The molecule has 1 aliphatic rings. The molecule has 2 atom stereocenters. The van der Waals surface area contributed by atoms with Crippen LogP contribution in [0.1, 0.15) is 92.1 Å². The number of aryl methyl sites for hydroxylation is 1. The molecule has 306 valence electrons. The molecule has 58 heavy (non-hydrogen) atoms. The van der Waals surface area contributed by atoms with Gasteiger partial charge >= 0.3 is 5.97 Å². The number of carbonyl (C=O) groups excluding carboxylic acids is 5. The molecule has 0 spiro atoms. The molecule has 1 fully saturated rings. The van der Waals surface area contributed by atoms with Gasteiger partial charge < -0.3 is 41.8 Å². The Labute approximate surface area is 335 Å². The van der Waals surface area contributed by atoms with Crippen LogP contribution in [0.4, 0.5) is 11.7 Å². The number of aliphatic carboxylic acids is 1. The van der Waals surface area contributed by atoms with Gasteiger partial charge in [0.25, 0.3) is 11.9 Å². The lowest BCUT2D eigenvalue weighted by atomic mass is 9.80. The first kappa shape index (κ1) is 42.6. The summed E-state index contributed by atoms with van der Waals surface area (Å²) in [5.74, 6) is -3.94. The zero-order chi connectivity index (χ0) is 41.5. The van der Waals surface area contributed by atoms with Gasteiger partial charge in [-0.15, -0.1) is 0 Å². The number of nitrogens with two attached hydrogens (primary N) is 1. The molecule has 0 unspecified atom stereocenters. The highest BCUT2D eigenvalue weighted by atomic mass is 16.4. The lowest BCUT2D eigenvalue weighted by Crippen LogP contribution is -2.62. The Morgan fingerprint density at radius 2 is 1.64 bits per heavy atom. The van der Waals surface area contributed by atoms with Crippen molar-refractivity contribution in [2.75, 3.05) is 11.9 Å². The number of carbonyl (C=O) groups is 6. The normalized spacial score (nSPS) is 14.6. The zero-order valence-electron chi connectivity index (χ0n) is 32.4. The second-order valence-electron chi connectivity index (χ2n) is 14.4. The number of amides is 5. The van der Waals surface area contributed by atoms with Crippen LogP contribution in [0.2, 0.25) is 0 Å². The van der Waals surface area contributed by atoms with E-state index in [-0.39, 0.29) is 43.2 Å². The molecule has 2 aromatic carbocycles. The maximum atomic E-state index is 13.9. The van der Waals surface area contributed by atoms with E-state index in [0.717, 1.165) is 23.1 Å². The number of carboxylic acids is 1. The van der Waals surface area contributed by atoms with Gasteiger partial charge in [-0.3, -0.25) is 33.8 Å². The fourth-order valence-corrected chi connectivity index (χ4v) is 6.78. The van der Waals surface area contributed by atoms with Gasteiger partial charge in [0.2, 0.25) is 23.6 Å². The number of benzene rings is 2. The predicted molar refractivity (Wildman–Crippen MR) is 216 cm³/mol. The molecule has 4 aromatic rings. The molecule has 5 rings (SSSR count). The molecular weight excluding hydrogens is 745 g/mol. The summed E-state index contributed by atoms with van der Waals surface area (Å²) in [5, 5.41) is 23.4. The second kappa shape index (κ2) is 20.5. The van der Waals surface area contributed by atoms with Crippen LogP contribution in [-0.2, 0) is 24.0 Å². The van der Waals surface area contributed by atoms with E-state index >= 15 is 0 Å². The largest absolute Gasteiger partial charge is 0.481 e. The van der Waals surface area contributed by atoms with Crippen LogP contribution < -0.4 is 32.3 Å². The number of anilines is 2. The number of unbranched alkanes of at least 4 members (excludes halogenated alkanes) is 1. The molecule has 0 radical (unpaired) electrons. The fourth-order valence-electron chi connectivity index (χ4n) is 6.78. The molecular formula is C42H50N8O8. The number of nitrogens with zero attached hydrogens (tertiary/aromatic N) is 2. The number of primary amides is 1. The van der Waals surface area contributed by atoms with Crippen LogP contribution in [0.15, 0.2) is 77.5 Å². The van der Waals surface area contributed by atoms with Crippen LogP contribution in [0.3, 0.4) is 0 Å². The van der Waals surface area contributed by atoms with Crippen molar-refractivity contribution < 1.29 is 38.3 Å². The molecule has 1 aliphatic carbocycles. The Bertz CT molecular complexity index is 2090. The van der Waals surface area contributed by atoms with Crippen molar-refractivity contribution in [3.63, 3.8) is 0 Å². The average Bonchev–Trinajstić information content (AvgIpc) is 3.63. The van der Waals surface area contributed by atoms with Gasteiger partial charge in [-0.25, -0.2) is 0 Å². The summed E-state index contributed by atoms with van der Waals surface area (Å²) in [7, 11) is 0. The lowest BCUT2D eigenvalue weighted by molar-refractivity contribution is -0.137. The first-order valence-corrected chi connectivity index (χ1v) is 19.5. The number of aromatic nitrogens is 2. The smallest absolute Gasteiger partial charge is 0.303 e. The summed E-state index contributed by atoms with van der Waals surface area (Å²) in [6.07, 6.45) is 10.0. The van der Waals surface area contributed by atoms with E-state index in [4.69, 9.17) is 10.2 Å². The Hall–Kier alpha value is -6.58. The lowest BCUT2D eigenvalue weighted by Gasteiger charge is -2.36. The first-order valence-electron chi connectivity index (χ1n) is 19.5. The van der Waals surface area contributed by atoms with Crippen LogP contribution in [0, 0.1) is 6.92 Å². The number of hydrogen-bond donors (Lipinski definition) is 7. The van der Waals surface area contributed by atoms with E-state index in [9.17, 15) is 33.9 Å². The molecule has 2 heterocycles. The third-order valence-electron chi connectivity index (χ3n) is 10.0. The number of hydrogen-bond acceptors (Lipinski definition) is 10. The van der Waals surface area contributed by atoms with Crippen molar-refractivity contribution in [2.24, 2.45) is 5.73 Å². The summed E-state index contributed by atoms with van der Waals surface area (Å²) in [4.78, 5) is 86.0. The van der Waals surface area contributed by atoms with Crippen molar-refractivity contribution in [1.29, 1.82) is 0 Å². The zero-order valence-corrected chi connectivity index (χ0v) is 32.4. The van der Waals surface area contributed by atoms with Gasteiger partial charge in [-0.2, -0.15) is 4.98 Å². The van der Waals surface area contributed by atoms with Crippen molar-refractivity contribution in [3.8, 4) is 0 Å². The molecule has 2 aromatic heterocycles. The van der Waals surface area contributed by atoms with Crippen molar-refractivity contribution >= 4 is 64.4 Å². The SMILES string of the molecule is Cc1cccc2oc(Nc3ccc(C(=O)N[C@H](CCCCNC(=O)/C=C/c4cccnc4)C(=O)N[C@H](CCCC(=O)O)C(=O)NC4(C(N)=O)CCCCC4)cc3)nc12. The molecule has 16 heteroatoms. The number of carboxylic acid groups (broad SMARTS) is 1. The third-order valence-corrected chi connectivity index (χ3v) is 10.0. The number of pyridine rings is 1. The van der Waals surface area contributed by atoms with Crippen molar-refractivity contribution in [1.82, 2.24) is 31.2 Å². The van der Waals surface area contributed by atoms with Crippen molar-refractivity contribution in [3.05, 3.63) is 89.8 Å². The van der Waals surface area contributed by atoms with Gasteiger partial charge in [0.1, 0.15) is 23.1 Å². The Morgan fingerprint density at radius 3 is 2.33 bits per heavy atom. The summed E-state index contributed by atoms with van der Waals surface area (Å²) >= 11 is 0. The van der Waals surface area contributed by atoms with E-state index in [1.807, 2.05) is 31.2 Å².